The summed E-state index contributed by atoms with van der Waals surface area (Å²) in [6.07, 6.45) is 0.913. The number of imide groups is 1. The van der Waals surface area contributed by atoms with Crippen LogP contribution in [-0.4, -0.2) is 18.1 Å². The van der Waals surface area contributed by atoms with Crippen LogP contribution in [0.15, 0.2) is 66.7 Å². The van der Waals surface area contributed by atoms with Crippen LogP contribution in [-0.2, 0) is 25.2 Å². The summed E-state index contributed by atoms with van der Waals surface area (Å²) in [5.41, 5.74) is 4.46. The molecule has 4 nitrogen and oxygen atoms in total. The van der Waals surface area contributed by atoms with E-state index in [0.29, 0.717) is 5.69 Å². The van der Waals surface area contributed by atoms with Gasteiger partial charge in [-0.25, -0.2) is 4.90 Å². The van der Waals surface area contributed by atoms with Gasteiger partial charge in [-0.05, 0) is 59.4 Å². The molecule has 7 rings (SSSR count). The van der Waals surface area contributed by atoms with E-state index in [1.54, 1.807) is 0 Å². The molecule has 0 aromatic heterocycles. The van der Waals surface area contributed by atoms with Gasteiger partial charge in [0.2, 0.25) is 11.8 Å². The van der Waals surface area contributed by atoms with Crippen LogP contribution in [0.2, 0.25) is 0 Å². The molecule has 2 bridgehead atoms. The molecule has 2 amide bonds. The largest absolute Gasteiger partial charge is 0.302 e. The molecule has 1 fully saturated rings. The Morgan fingerprint density at radius 3 is 1.81 bits per heavy atom. The second-order valence-corrected chi connectivity index (χ2v) is 9.52. The minimum absolute atomic E-state index is 0.221. The van der Waals surface area contributed by atoms with Crippen LogP contribution in [0.4, 0.5) is 5.69 Å². The molecule has 4 aliphatic rings. The lowest BCUT2D eigenvalue weighted by Crippen LogP contribution is -2.61. The second kappa shape index (κ2) is 6.04. The van der Waals surface area contributed by atoms with Crippen molar-refractivity contribution < 1.29 is 14.4 Å². The zero-order valence-electron chi connectivity index (χ0n) is 18.3. The van der Waals surface area contributed by atoms with Gasteiger partial charge in [0, 0.05) is 5.41 Å². The molecular weight excluding hydrogens is 398 g/mol. The first-order valence-corrected chi connectivity index (χ1v) is 11.0. The predicted octanol–water partition coefficient (Wildman–Crippen LogP) is 4.23. The van der Waals surface area contributed by atoms with Crippen molar-refractivity contribution in [1.29, 1.82) is 0 Å². The maximum Gasteiger partial charge on any atom is 0.239 e. The number of aldehydes is 1. The van der Waals surface area contributed by atoms with Gasteiger partial charge in [0.05, 0.1) is 22.9 Å². The van der Waals surface area contributed by atoms with E-state index < -0.39 is 22.7 Å². The van der Waals surface area contributed by atoms with Crippen molar-refractivity contribution in [2.45, 2.75) is 31.6 Å². The predicted molar refractivity (Wildman–Crippen MR) is 122 cm³/mol. The van der Waals surface area contributed by atoms with E-state index in [1.807, 2.05) is 80.6 Å². The molecule has 0 N–H and O–H groups in total. The zero-order valence-corrected chi connectivity index (χ0v) is 18.3. The van der Waals surface area contributed by atoms with E-state index in [-0.39, 0.29) is 11.8 Å². The maximum atomic E-state index is 14.0. The number of rotatable bonds is 2. The van der Waals surface area contributed by atoms with Crippen molar-refractivity contribution in [2.75, 3.05) is 4.90 Å². The Labute approximate surface area is 186 Å². The van der Waals surface area contributed by atoms with E-state index in [4.69, 9.17) is 0 Å². The summed E-state index contributed by atoms with van der Waals surface area (Å²) in [6.45, 7) is 6.04. The summed E-state index contributed by atoms with van der Waals surface area (Å²) in [6, 6.07) is 21.3. The molecule has 0 saturated carbocycles. The van der Waals surface area contributed by atoms with Crippen LogP contribution in [0.3, 0.4) is 0 Å². The monoisotopic (exact) mass is 421 g/mol. The molecule has 2 atom stereocenters. The highest BCUT2D eigenvalue weighted by molar-refractivity contribution is 6.25. The third-order valence-electron chi connectivity index (χ3n) is 8.22. The molecule has 1 saturated heterocycles. The van der Waals surface area contributed by atoms with Crippen molar-refractivity contribution >= 4 is 23.8 Å². The fraction of sp³-hybridized carbons (Fsp3) is 0.250. The average Bonchev–Trinajstić information content (AvgIpc) is 3.08. The Kier molecular flexibility index (Phi) is 3.62. The number of carbonyl (C=O) groups excluding carboxylic acids is 3. The zero-order chi connectivity index (χ0) is 22.4. The summed E-state index contributed by atoms with van der Waals surface area (Å²) in [5, 5.41) is 0. The number of nitrogens with zero attached hydrogens (tertiary/aromatic N) is 1. The highest BCUT2D eigenvalue weighted by atomic mass is 16.2. The van der Waals surface area contributed by atoms with Gasteiger partial charge in [0.15, 0.2) is 0 Å². The number of amides is 2. The summed E-state index contributed by atoms with van der Waals surface area (Å²) < 4.78 is 0. The van der Waals surface area contributed by atoms with Gasteiger partial charge in [-0.2, -0.15) is 0 Å². The first-order chi connectivity index (χ1) is 15.4. The van der Waals surface area contributed by atoms with Crippen LogP contribution in [0.5, 0.6) is 0 Å². The molecule has 0 spiro atoms. The van der Waals surface area contributed by atoms with Crippen LogP contribution >= 0.6 is 0 Å². The van der Waals surface area contributed by atoms with Crippen LogP contribution in [0, 0.1) is 25.7 Å². The van der Waals surface area contributed by atoms with Crippen LogP contribution in [0.1, 0.15) is 40.3 Å². The standard InChI is InChI=1S/C28H23NO3/c1-16-12-13-18(14-17(16)2)29-25(31)23-24(26(29)32)28(15-30)21-10-6-4-8-19(21)27(23,3)20-9-5-7-11-22(20)28/h4-15,23-24H,1-3H3/t23-,24-,27?,28?/m1/s1. The van der Waals surface area contributed by atoms with Gasteiger partial charge < -0.3 is 4.79 Å². The molecule has 4 heteroatoms. The Morgan fingerprint density at radius 2 is 1.28 bits per heavy atom. The number of aryl methyl sites for hydroxylation is 2. The topological polar surface area (TPSA) is 54.5 Å². The fourth-order valence-electron chi connectivity index (χ4n) is 6.58. The van der Waals surface area contributed by atoms with Gasteiger partial charge in [-0.15, -0.1) is 0 Å². The number of carbonyl (C=O) groups is 3. The molecular formula is C28H23NO3. The Bertz CT molecular complexity index is 1310. The SMILES string of the molecule is Cc1ccc(N2C(=O)[C@H]3[C@H](C2=O)C2(C=O)c4ccccc4C3(C)c3ccccc32)cc1C. The van der Waals surface area contributed by atoms with Gasteiger partial charge in [0.1, 0.15) is 6.29 Å². The summed E-state index contributed by atoms with van der Waals surface area (Å²) in [7, 11) is 0. The first kappa shape index (κ1) is 19.2. The lowest BCUT2D eigenvalue weighted by molar-refractivity contribution is -0.129. The number of benzene rings is 3. The highest BCUT2D eigenvalue weighted by Crippen LogP contribution is 2.66. The van der Waals surface area contributed by atoms with E-state index in [2.05, 4.69) is 6.92 Å². The third kappa shape index (κ3) is 1.92. The average molecular weight is 421 g/mol. The Balaban J connectivity index is 1.68. The Morgan fingerprint density at radius 1 is 0.750 bits per heavy atom. The van der Waals surface area contributed by atoms with Crippen molar-refractivity contribution in [3.8, 4) is 0 Å². The van der Waals surface area contributed by atoms with Crippen molar-refractivity contribution in [3.63, 3.8) is 0 Å². The summed E-state index contributed by atoms with van der Waals surface area (Å²) >= 11 is 0. The number of anilines is 1. The molecule has 3 aromatic carbocycles. The van der Waals surface area contributed by atoms with E-state index in [1.165, 1.54) is 4.90 Å². The maximum absolute atomic E-state index is 14.0. The molecule has 3 aliphatic carbocycles. The van der Waals surface area contributed by atoms with Gasteiger partial charge in [-0.3, -0.25) is 9.59 Å². The smallest absolute Gasteiger partial charge is 0.239 e. The van der Waals surface area contributed by atoms with Gasteiger partial charge in [-0.1, -0.05) is 61.5 Å². The number of hydrogen-bond donors (Lipinski definition) is 0. The fourth-order valence-corrected chi connectivity index (χ4v) is 6.58. The van der Waals surface area contributed by atoms with E-state index >= 15 is 0 Å². The summed E-state index contributed by atoms with van der Waals surface area (Å²) in [4.78, 5) is 42.4. The summed E-state index contributed by atoms with van der Waals surface area (Å²) in [5.74, 6) is -1.90. The second-order valence-electron chi connectivity index (χ2n) is 9.52. The first-order valence-electron chi connectivity index (χ1n) is 11.0. The number of hydrogen-bond acceptors (Lipinski definition) is 3. The lowest BCUT2D eigenvalue weighted by atomic mass is 9.42. The van der Waals surface area contributed by atoms with Crippen LogP contribution in [0.25, 0.3) is 0 Å². The van der Waals surface area contributed by atoms with Crippen LogP contribution < -0.4 is 4.90 Å². The normalized spacial score (nSPS) is 29.5. The van der Waals surface area contributed by atoms with E-state index in [0.717, 1.165) is 39.7 Å². The molecule has 1 aliphatic heterocycles. The van der Waals surface area contributed by atoms with Gasteiger partial charge in [0.25, 0.3) is 0 Å². The lowest BCUT2D eigenvalue weighted by Gasteiger charge is -2.56. The Hall–Kier alpha value is -3.53. The molecule has 0 radical (unpaired) electrons. The quantitative estimate of drug-likeness (QED) is 0.460. The molecule has 0 unspecified atom stereocenters. The van der Waals surface area contributed by atoms with Crippen molar-refractivity contribution in [3.05, 3.63) is 100 Å². The third-order valence-corrected chi connectivity index (χ3v) is 8.22. The van der Waals surface area contributed by atoms with E-state index in [9.17, 15) is 14.4 Å². The highest BCUT2D eigenvalue weighted by Gasteiger charge is 2.72. The van der Waals surface area contributed by atoms with Crippen molar-refractivity contribution in [1.82, 2.24) is 0 Å². The molecule has 3 aromatic rings. The minimum atomic E-state index is -1.17. The molecule has 32 heavy (non-hydrogen) atoms. The molecule has 158 valence electrons. The minimum Gasteiger partial charge on any atom is -0.302 e. The van der Waals surface area contributed by atoms with Crippen molar-refractivity contribution in [2.24, 2.45) is 11.8 Å². The van der Waals surface area contributed by atoms with Gasteiger partial charge >= 0.3 is 0 Å². The molecule has 1 heterocycles.